The van der Waals surface area contributed by atoms with E-state index < -0.39 is 0 Å². The molecule has 6 heteroatoms. The Morgan fingerprint density at radius 2 is 2.14 bits per heavy atom. The Morgan fingerprint density at radius 1 is 1.19 bits per heavy atom. The van der Waals surface area contributed by atoms with Gasteiger partial charge in [0.15, 0.2) is 5.82 Å². The zero-order valence-electron chi connectivity index (χ0n) is 11.3. The molecule has 3 aromatic rings. The summed E-state index contributed by atoms with van der Waals surface area (Å²) in [5.74, 6) is 1.47. The average Bonchev–Trinajstić information content (AvgIpc) is 3.27. The van der Waals surface area contributed by atoms with Gasteiger partial charge in [0.2, 0.25) is 0 Å². The van der Waals surface area contributed by atoms with Crippen molar-refractivity contribution < 1.29 is 9.26 Å². The Kier molecular flexibility index (Phi) is 3.01. The lowest BCUT2D eigenvalue weighted by atomic mass is 10.1. The molecule has 0 saturated carbocycles. The maximum atomic E-state index is 5.44. The number of hydrogen-bond acceptors (Lipinski definition) is 5. The van der Waals surface area contributed by atoms with Gasteiger partial charge in [0.1, 0.15) is 0 Å². The molecule has 2 aromatic heterocycles. The normalized spacial score (nSPS) is 18.2. The number of benzene rings is 1. The molecule has 1 aliphatic rings. The predicted molar refractivity (Wildman–Crippen MR) is 75.0 cm³/mol. The number of para-hydroxylation sites is 1. The molecule has 3 heterocycles. The van der Waals surface area contributed by atoms with Gasteiger partial charge in [0.05, 0.1) is 17.9 Å². The second-order valence-electron chi connectivity index (χ2n) is 4.99. The molecule has 1 saturated heterocycles. The van der Waals surface area contributed by atoms with Crippen LogP contribution in [0.3, 0.4) is 0 Å². The van der Waals surface area contributed by atoms with E-state index in [2.05, 4.69) is 15.2 Å². The molecule has 0 amide bonds. The van der Waals surface area contributed by atoms with E-state index in [1.165, 1.54) is 0 Å². The molecule has 1 aliphatic heterocycles. The number of hydrogen-bond donors (Lipinski definition) is 0. The van der Waals surface area contributed by atoms with Gasteiger partial charge in [-0.25, -0.2) is 4.68 Å². The Hall–Kier alpha value is -2.47. The van der Waals surface area contributed by atoms with Crippen LogP contribution in [0.5, 0.6) is 0 Å². The summed E-state index contributed by atoms with van der Waals surface area (Å²) in [5, 5.41) is 8.36. The van der Waals surface area contributed by atoms with E-state index in [0.29, 0.717) is 12.5 Å². The summed E-state index contributed by atoms with van der Waals surface area (Å²) >= 11 is 0. The molecule has 1 aromatic carbocycles. The minimum absolute atomic E-state index is 0.236. The van der Waals surface area contributed by atoms with Crippen molar-refractivity contribution in [2.24, 2.45) is 0 Å². The summed E-state index contributed by atoms with van der Waals surface area (Å²) in [6.07, 6.45) is 4.58. The number of aromatic nitrogens is 4. The molecule has 0 aliphatic carbocycles. The first-order valence-electron chi connectivity index (χ1n) is 6.92. The monoisotopic (exact) mass is 282 g/mol. The predicted octanol–water partition coefficient (Wildman–Crippen LogP) is 2.43. The maximum absolute atomic E-state index is 5.44. The number of nitrogens with zero attached hydrogens (tertiary/aromatic N) is 4. The summed E-state index contributed by atoms with van der Waals surface area (Å²) in [7, 11) is 0. The molecular weight excluding hydrogens is 268 g/mol. The van der Waals surface area contributed by atoms with Gasteiger partial charge in [-0.3, -0.25) is 0 Å². The van der Waals surface area contributed by atoms with Crippen LogP contribution in [0.2, 0.25) is 0 Å². The first-order valence-corrected chi connectivity index (χ1v) is 6.92. The highest BCUT2D eigenvalue weighted by Gasteiger charge is 2.24. The molecule has 106 valence electrons. The molecule has 6 nitrogen and oxygen atoms in total. The van der Waals surface area contributed by atoms with Crippen LogP contribution in [0, 0.1) is 0 Å². The largest absolute Gasteiger partial charge is 0.381 e. The Bertz CT molecular complexity index is 730. The molecule has 0 radical (unpaired) electrons. The van der Waals surface area contributed by atoms with Crippen LogP contribution in [0.25, 0.3) is 17.1 Å². The van der Waals surface area contributed by atoms with Crippen molar-refractivity contribution in [2.45, 2.75) is 12.3 Å². The SMILES string of the molecule is c1ccc(-n2cccn2)c(-c2nc([C@@H]3CCOC3)no2)c1. The van der Waals surface area contributed by atoms with Crippen LogP contribution < -0.4 is 0 Å². The third-order valence-electron chi connectivity index (χ3n) is 3.62. The van der Waals surface area contributed by atoms with E-state index in [9.17, 15) is 0 Å². The maximum Gasteiger partial charge on any atom is 0.260 e. The van der Waals surface area contributed by atoms with E-state index in [0.717, 1.165) is 30.1 Å². The minimum Gasteiger partial charge on any atom is -0.381 e. The van der Waals surface area contributed by atoms with Crippen LogP contribution in [-0.4, -0.2) is 33.1 Å². The molecule has 4 rings (SSSR count). The quantitative estimate of drug-likeness (QED) is 0.738. The van der Waals surface area contributed by atoms with Crippen LogP contribution in [-0.2, 0) is 4.74 Å². The highest BCUT2D eigenvalue weighted by molar-refractivity contribution is 5.65. The van der Waals surface area contributed by atoms with Gasteiger partial charge in [0, 0.05) is 24.9 Å². The van der Waals surface area contributed by atoms with E-state index in [1.54, 1.807) is 10.9 Å². The second kappa shape index (κ2) is 5.14. The minimum atomic E-state index is 0.236. The zero-order valence-corrected chi connectivity index (χ0v) is 11.3. The number of rotatable bonds is 3. The molecule has 0 unspecified atom stereocenters. The second-order valence-corrected chi connectivity index (χ2v) is 4.99. The van der Waals surface area contributed by atoms with Gasteiger partial charge in [-0.15, -0.1) is 0 Å². The lowest BCUT2D eigenvalue weighted by Gasteiger charge is -2.05. The van der Waals surface area contributed by atoms with E-state index in [-0.39, 0.29) is 5.92 Å². The standard InChI is InChI=1S/C15H14N4O2/c1-2-5-13(19-8-3-7-16-19)12(4-1)15-17-14(18-21-15)11-6-9-20-10-11/h1-5,7-8,11H,6,9-10H2/t11-/m1/s1. The van der Waals surface area contributed by atoms with Gasteiger partial charge >= 0.3 is 0 Å². The highest BCUT2D eigenvalue weighted by Crippen LogP contribution is 2.28. The van der Waals surface area contributed by atoms with Crippen molar-refractivity contribution >= 4 is 0 Å². The molecule has 21 heavy (non-hydrogen) atoms. The fourth-order valence-electron chi connectivity index (χ4n) is 2.51. The topological polar surface area (TPSA) is 66.0 Å². The van der Waals surface area contributed by atoms with Crippen molar-refractivity contribution in [1.82, 2.24) is 19.9 Å². The molecular formula is C15H14N4O2. The van der Waals surface area contributed by atoms with Gasteiger partial charge in [-0.1, -0.05) is 17.3 Å². The summed E-state index contributed by atoms with van der Waals surface area (Å²) < 4.78 is 12.6. The molecule has 0 bridgehead atoms. The van der Waals surface area contributed by atoms with E-state index in [4.69, 9.17) is 9.26 Å². The fraction of sp³-hybridized carbons (Fsp3) is 0.267. The molecule has 0 spiro atoms. The average molecular weight is 282 g/mol. The van der Waals surface area contributed by atoms with Gasteiger partial charge in [-0.05, 0) is 24.6 Å². The molecule has 0 N–H and O–H groups in total. The van der Waals surface area contributed by atoms with Crippen molar-refractivity contribution in [3.05, 3.63) is 48.5 Å². The fourth-order valence-corrected chi connectivity index (χ4v) is 2.51. The Labute approximate surface area is 121 Å². The first-order chi connectivity index (χ1) is 10.4. The van der Waals surface area contributed by atoms with Crippen molar-refractivity contribution in [2.75, 3.05) is 13.2 Å². The third-order valence-corrected chi connectivity index (χ3v) is 3.62. The highest BCUT2D eigenvalue weighted by atomic mass is 16.5. The van der Waals surface area contributed by atoms with Crippen molar-refractivity contribution in [3.8, 4) is 17.1 Å². The Balaban J connectivity index is 1.74. The summed E-state index contributed by atoms with van der Waals surface area (Å²) in [6, 6.07) is 9.73. The lowest BCUT2D eigenvalue weighted by Crippen LogP contribution is -2.00. The van der Waals surface area contributed by atoms with E-state index in [1.807, 2.05) is 36.5 Å². The molecule has 1 fully saturated rings. The van der Waals surface area contributed by atoms with Crippen LogP contribution in [0.1, 0.15) is 18.2 Å². The third kappa shape index (κ3) is 2.23. The van der Waals surface area contributed by atoms with Crippen molar-refractivity contribution in [3.63, 3.8) is 0 Å². The summed E-state index contributed by atoms with van der Waals surface area (Å²) in [4.78, 5) is 4.53. The zero-order chi connectivity index (χ0) is 14.1. The van der Waals surface area contributed by atoms with Crippen LogP contribution in [0.15, 0.2) is 47.2 Å². The van der Waals surface area contributed by atoms with Gasteiger partial charge in [-0.2, -0.15) is 10.1 Å². The summed E-state index contributed by atoms with van der Waals surface area (Å²) in [5.41, 5.74) is 1.79. The van der Waals surface area contributed by atoms with Crippen LogP contribution >= 0.6 is 0 Å². The van der Waals surface area contributed by atoms with Crippen molar-refractivity contribution in [1.29, 1.82) is 0 Å². The van der Waals surface area contributed by atoms with E-state index >= 15 is 0 Å². The van der Waals surface area contributed by atoms with Gasteiger partial charge < -0.3 is 9.26 Å². The molecule has 1 atom stereocenters. The van der Waals surface area contributed by atoms with Crippen LogP contribution in [0.4, 0.5) is 0 Å². The summed E-state index contributed by atoms with van der Waals surface area (Å²) in [6.45, 7) is 1.43. The number of ether oxygens (including phenoxy) is 1. The van der Waals surface area contributed by atoms with Gasteiger partial charge in [0.25, 0.3) is 5.89 Å². The lowest BCUT2D eigenvalue weighted by molar-refractivity contribution is 0.192. The Morgan fingerprint density at radius 3 is 2.95 bits per heavy atom. The smallest absolute Gasteiger partial charge is 0.260 e. The first kappa shape index (κ1) is 12.3.